The van der Waals surface area contributed by atoms with E-state index in [4.69, 9.17) is 5.73 Å². The van der Waals surface area contributed by atoms with Gasteiger partial charge in [-0.25, -0.2) is 0 Å². The number of rotatable bonds is 2. The van der Waals surface area contributed by atoms with E-state index in [1.165, 1.54) is 12.8 Å². The van der Waals surface area contributed by atoms with Gasteiger partial charge in [-0.2, -0.15) is 0 Å². The fraction of sp³-hybridized carbons (Fsp3) is 0.929. The summed E-state index contributed by atoms with van der Waals surface area (Å²) < 4.78 is 0. The Labute approximate surface area is 106 Å². The summed E-state index contributed by atoms with van der Waals surface area (Å²) in [5, 5.41) is 0. The molecule has 0 bridgehead atoms. The standard InChI is InChI=1S/C14H28N2O/c1-14(2,3)10-16(4)13(17)11-8-6-5-7-9-12(11)15/h11-12H,5-10,15H2,1-4H3. The van der Waals surface area contributed by atoms with Gasteiger partial charge in [-0.3, -0.25) is 4.79 Å². The van der Waals surface area contributed by atoms with Crippen LogP contribution in [0.2, 0.25) is 0 Å². The Balaban J connectivity index is 2.60. The molecular weight excluding hydrogens is 212 g/mol. The van der Waals surface area contributed by atoms with E-state index >= 15 is 0 Å². The molecule has 2 unspecified atom stereocenters. The van der Waals surface area contributed by atoms with Crippen LogP contribution in [0, 0.1) is 11.3 Å². The van der Waals surface area contributed by atoms with Gasteiger partial charge in [0.1, 0.15) is 0 Å². The molecule has 0 aliphatic heterocycles. The van der Waals surface area contributed by atoms with E-state index in [-0.39, 0.29) is 23.3 Å². The fourth-order valence-corrected chi connectivity index (χ4v) is 2.72. The molecule has 3 heteroatoms. The largest absolute Gasteiger partial charge is 0.345 e. The normalized spacial score (nSPS) is 26.4. The summed E-state index contributed by atoms with van der Waals surface area (Å²) in [6.07, 6.45) is 5.51. The van der Waals surface area contributed by atoms with Crippen molar-refractivity contribution in [2.24, 2.45) is 17.1 Å². The summed E-state index contributed by atoms with van der Waals surface area (Å²) in [4.78, 5) is 14.3. The minimum atomic E-state index is 0.0462. The van der Waals surface area contributed by atoms with Crippen LogP contribution in [-0.2, 0) is 4.79 Å². The van der Waals surface area contributed by atoms with Gasteiger partial charge in [0.05, 0.1) is 5.92 Å². The third kappa shape index (κ3) is 4.66. The first kappa shape index (κ1) is 14.5. The number of hydrogen-bond acceptors (Lipinski definition) is 2. The summed E-state index contributed by atoms with van der Waals surface area (Å²) in [5.41, 5.74) is 6.29. The van der Waals surface area contributed by atoms with Gasteiger partial charge >= 0.3 is 0 Å². The molecule has 0 aromatic heterocycles. The van der Waals surface area contributed by atoms with Crippen LogP contribution < -0.4 is 5.73 Å². The average Bonchev–Trinajstić information content (AvgIpc) is 2.39. The SMILES string of the molecule is CN(CC(C)(C)C)C(=O)C1CCCCCC1N. The molecule has 0 heterocycles. The lowest BCUT2D eigenvalue weighted by Gasteiger charge is -2.31. The number of amides is 1. The van der Waals surface area contributed by atoms with E-state index in [2.05, 4.69) is 20.8 Å². The van der Waals surface area contributed by atoms with E-state index in [1.807, 2.05) is 11.9 Å². The zero-order valence-corrected chi connectivity index (χ0v) is 11.8. The van der Waals surface area contributed by atoms with Crippen molar-refractivity contribution in [1.82, 2.24) is 4.90 Å². The van der Waals surface area contributed by atoms with Gasteiger partial charge < -0.3 is 10.6 Å². The lowest BCUT2D eigenvalue weighted by Crippen LogP contribution is -2.44. The first-order valence-electron chi connectivity index (χ1n) is 6.82. The maximum atomic E-state index is 12.4. The molecule has 0 aromatic rings. The molecule has 100 valence electrons. The van der Waals surface area contributed by atoms with Gasteiger partial charge in [0.15, 0.2) is 0 Å². The molecule has 0 radical (unpaired) electrons. The summed E-state index contributed by atoms with van der Waals surface area (Å²) in [7, 11) is 1.91. The van der Waals surface area contributed by atoms with Crippen LogP contribution in [0.1, 0.15) is 52.9 Å². The number of nitrogens with zero attached hydrogens (tertiary/aromatic N) is 1. The molecule has 0 saturated heterocycles. The Morgan fingerprint density at radius 2 is 1.82 bits per heavy atom. The zero-order valence-electron chi connectivity index (χ0n) is 11.8. The zero-order chi connectivity index (χ0) is 13.1. The van der Waals surface area contributed by atoms with Crippen molar-refractivity contribution in [1.29, 1.82) is 0 Å². The average molecular weight is 240 g/mol. The fourth-order valence-electron chi connectivity index (χ4n) is 2.72. The van der Waals surface area contributed by atoms with Crippen molar-refractivity contribution >= 4 is 5.91 Å². The highest BCUT2D eigenvalue weighted by Crippen LogP contribution is 2.25. The maximum absolute atomic E-state index is 12.4. The predicted octanol–water partition coefficient (Wildman–Crippen LogP) is 2.40. The van der Waals surface area contributed by atoms with Gasteiger partial charge in [0, 0.05) is 19.6 Å². The van der Waals surface area contributed by atoms with Crippen LogP contribution in [0.15, 0.2) is 0 Å². The van der Waals surface area contributed by atoms with Crippen molar-refractivity contribution in [3.05, 3.63) is 0 Å². The molecule has 0 spiro atoms. The molecule has 1 fully saturated rings. The molecule has 17 heavy (non-hydrogen) atoms. The highest BCUT2D eigenvalue weighted by molar-refractivity contribution is 5.79. The smallest absolute Gasteiger partial charge is 0.227 e. The van der Waals surface area contributed by atoms with E-state index in [1.54, 1.807) is 0 Å². The van der Waals surface area contributed by atoms with E-state index < -0.39 is 0 Å². The van der Waals surface area contributed by atoms with Gasteiger partial charge in [0.25, 0.3) is 0 Å². The summed E-state index contributed by atoms with van der Waals surface area (Å²) in [5.74, 6) is 0.291. The van der Waals surface area contributed by atoms with Crippen LogP contribution in [0.5, 0.6) is 0 Å². The second-order valence-electron chi connectivity index (χ2n) is 6.66. The van der Waals surface area contributed by atoms with E-state index in [0.29, 0.717) is 0 Å². The lowest BCUT2D eigenvalue weighted by molar-refractivity contribution is -0.136. The Bertz CT molecular complexity index is 257. The van der Waals surface area contributed by atoms with Gasteiger partial charge in [-0.1, -0.05) is 40.0 Å². The van der Waals surface area contributed by atoms with Crippen molar-refractivity contribution < 1.29 is 4.79 Å². The van der Waals surface area contributed by atoms with Crippen LogP contribution >= 0.6 is 0 Å². The Kier molecular flexibility index (Phi) is 4.99. The van der Waals surface area contributed by atoms with Crippen molar-refractivity contribution in [2.45, 2.75) is 58.9 Å². The molecule has 0 aromatic carbocycles. The summed E-state index contributed by atoms with van der Waals surface area (Å²) in [6.45, 7) is 7.27. The Morgan fingerprint density at radius 3 is 2.41 bits per heavy atom. The third-order valence-electron chi connectivity index (χ3n) is 3.47. The van der Waals surface area contributed by atoms with Gasteiger partial charge in [-0.05, 0) is 18.3 Å². The van der Waals surface area contributed by atoms with Gasteiger partial charge in [-0.15, -0.1) is 0 Å². The number of nitrogens with two attached hydrogens (primary N) is 1. The van der Waals surface area contributed by atoms with E-state index in [9.17, 15) is 4.79 Å². The van der Waals surface area contributed by atoms with Gasteiger partial charge in [0.2, 0.25) is 5.91 Å². The van der Waals surface area contributed by atoms with Crippen LogP contribution in [0.3, 0.4) is 0 Å². The minimum Gasteiger partial charge on any atom is -0.345 e. The molecule has 1 aliphatic rings. The maximum Gasteiger partial charge on any atom is 0.227 e. The molecule has 1 amide bonds. The van der Waals surface area contributed by atoms with E-state index in [0.717, 1.165) is 25.8 Å². The Morgan fingerprint density at radius 1 is 1.24 bits per heavy atom. The van der Waals surface area contributed by atoms with Crippen molar-refractivity contribution in [3.63, 3.8) is 0 Å². The highest BCUT2D eigenvalue weighted by atomic mass is 16.2. The van der Waals surface area contributed by atoms with Crippen molar-refractivity contribution in [3.8, 4) is 0 Å². The molecule has 1 rings (SSSR count). The van der Waals surface area contributed by atoms with Crippen molar-refractivity contribution in [2.75, 3.05) is 13.6 Å². The number of hydrogen-bond donors (Lipinski definition) is 1. The molecule has 1 saturated carbocycles. The minimum absolute atomic E-state index is 0.0462. The number of carbonyl (C=O) groups excluding carboxylic acids is 1. The first-order chi connectivity index (χ1) is 7.81. The molecule has 3 nitrogen and oxygen atoms in total. The highest BCUT2D eigenvalue weighted by Gasteiger charge is 2.30. The quantitative estimate of drug-likeness (QED) is 0.753. The monoisotopic (exact) mass is 240 g/mol. The Hall–Kier alpha value is -0.570. The molecular formula is C14H28N2O. The van der Waals surface area contributed by atoms with Crippen LogP contribution in [0.25, 0.3) is 0 Å². The lowest BCUT2D eigenvalue weighted by atomic mass is 9.92. The first-order valence-corrected chi connectivity index (χ1v) is 6.82. The second-order valence-corrected chi connectivity index (χ2v) is 6.66. The van der Waals surface area contributed by atoms with Crippen LogP contribution in [-0.4, -0.2) is 30.4 Å². The van der Waals surface area contributed by atoms with Crippen LogP contribution in [0.4, 0.5) is 0 Å². The topological polar surface area (TPSA) is 46.3 Å². The summed E-state index contributed by atoms with van der Waals surface area (Å²) in [6, 6.07) is 0.0624. The molecule has 2 atom stereocenters. The second kappa shape index (κ2) is 5.85. The summed E-state index contributed by atoms with van der Waals surface area (Å²) >= 11 is 0. The predicted molar refractivity (Wildman–Crippen MR) is 71.6 cm³/mol. The third-order valence-corrected chi connectivity index (χ3v) is 3.47. The molecule has 1 aliphatic carbocycles. The molecule has 2 N–H and O–H groups in total. The number of carbonyl (C=O) groups is 1.